The summed E-state index contributed by atoms with van der Waals surface area (Å²) in [5.41, 5.74) is 6.29. The molecule has 1 aliphatic rings. The standard InChI is InChI=1S/C22H16N2O2/c1-26-22(25)14-10-11-15-13-24(23-20(15)12-14)21-18-8-4-2-6-16(18)17-7-3-5-9-19(17)21/h2-13,21H,1H3. The number of aromatic nitrogens is 2. The number of nitrogens with zero attached hydrogens (tertiary/aromatic N) is 2. The Morgan fingerprint density at radius 1 is 0.962 bits per heavy atom. The summed E-state index contributed by atoms with van der Waals surface area (Å²) >= 11 is 0. The molecule has 4 heteroatoms. The molecular weight excluding hydrogens is 324 g/mol. The van der Waals surface area contributed by atoms with E-state index in [9.17, 15) is 4.79 Å². The number of methoxy groups -OCH3 is 1. The Morgan fingerprint density at radius 2 is 1.62 bits per heavy atom. The SMILES string of the molecule is COC(=O)c1ccc2cn(C3c4ccccc4-c4ccccc43)nc2c1. The van der Waals surface area contributed by atoms with Gasteiger partial charge in [-0.1, -0.05) is 54.6 Å². The van der Waals surface area contributed by atoms with Gasteiger partial charge in [0.15, 0.2) is 0 Å². The molecular formula is C22H16N2O2. The van der Waals surface area contributed by atoms with Gasteiger partial charge in [-0.15, -0.1) is 0 Å². The van der Waals surface area contributed by atoms with Gasteiger partial charge in [-0.2, -0.15) is 5.10 Å². The molecule has 0 radical (unpaired) electrons. The van der Waals surface area contributed by atoms with Crippen molar-refractivity contribution >= 4 is 16.9 Å². The van der Waals surface area contributed by atoms with E-state index >= 15 is 0 Å². The molecule has 126 valence electrons. The van der Waals surface area contributed by atoms with Crippen molar-refractivity contribution in [2.24, 2.45) is 0 Å². The molecule has 26 heavy (non-hydrogen) atoms. The summed E-state index contributed by atoms with van der Waals surface area (Å²) in [6.45, 7) is 0. The van der Waals surface area contributed by atoms with Crippen molar-refractivity contribution in [1.29, 1.82) is 0 Å². The normalized spacial score (nSPS) is 12.8. The average molecular weight is 340 g/mol. The lowest BCUT2D eigenvalue weighted by atomic mass is 10.1. The number of hydrogen-bond acceptors (Lipinski definition) is 3. The molecule has 5 rings (SSSR count). The average Bonchev–Trinajstić information content (AvgIpc) is 3.25. The molecule has 0 N–H and O–H groups in total. The van der Waals surface area contributed by atoms with Crippen LogP contribution in [0.4, 0.5) is 0 Å². The molecule has 0 bridgehead atoms. The first-order chi connectivity index (χ1) is 12.8. The van der Waals surface area contributed by atoms with E-state index in [0.717, 1.165) is 10.9 Å². The number of fused-ring (bicyclic) bond motifs is 4. The van der Waals surface area contributed by atoms with E-state index in [0.29, 0.717) is 5.56 Å². The highest BCUT2D eigenvalue weighted by Crippen LogP contribution is 2.45. The zero-order valence-electron chi connectivity index (χ0n) is 14.2. The molecule has 0 fully saturated rings. The van der Waals surface area contributed by atoms with Crippen molar-refractivity contribution in [3.8, 4) is 11.1 Å². The van der Waals surface area contributed by atoms with E-state index in [4.69, 9.17) is 9.84 Å². The Kier molecular flexibility index (Phi) is 3.19. The van der Waals surface area contributed by atoms with Crippen molar-refractivity contribution in [2.75, 3.05) is 7.11 Å². The van der Waals surface area contributed by atoms with Crippen LogP contribution >= 0.6 is 0 Å². The largest absolute Gasteiger partial charge is 0.465 e. The highest BCUT2D eigenvalue weighted by Gasteiger charge is 2.30. The van der Waals surface area contributed by atoms with Gasteiger partial charge < -0.3 is 4.74 Å². The quantitative estimate of drug-likeness (QED) is 0.446. The molecule has 3 aromatic carbocycles. The number of ether oxygens (including phenoxy) is 1. The Morgan fingerprint density at radius 3 is 2.27 bits per heavy atom. The van der Waals surface area contributed by atoms with E-state index in [2.05, 4.69) is 48.5 Å². The number of esters is 1. The molecule has 0 saturated carbocycles. The summed E-state index contributed by atoms with van der Waals surface area (Å²) in [7, 11) is 1.39. The van der Waals surface area contributed by atoms with Crippen LogP contribution in [0, 0.1) is 0 Å². The van der Waals surface area contributed by atoms with Crippen molar-refractivity contribution in [1.82, 2.24) is 9.78 Å². The number of benzene rings is 3. The van der Waals surface area contributed by atoms with Gasteiger partial charge in [0.05, 0.1) is 18.2 Å². The van der Waals surface area contributed by atoms with Crippen molar-refractivity contribution < 1.29 is 9.53 Å². The van der Waals surface area contributed by atoms with Crippen molar-refractivity contribution in [3.63, 3.8) is 0 Å². The third-order valence-corrected chi connectivity index (χ3v) is 5.01. The van der Waals surface area contributed by atoms with Crippen molar-refractivity contribution in [3.05, 3.63) is 89.6 Å². The molecule has 4 aromatic rings. The zero-order chi connectivity index (χ0) is 17.7. The van der Waals surface area contributed by atoms with E-state index < -0.39 is 0 Å². The van der Waals surface area contributed by atoms with Crippen LogP contribution in [0.2, 0.25) is 0 Å². The topological polar surface area (TPSA) is 44.1 Å². The fourth-order valence-electron chi connectivity index (χ4n) is 3.83. The fraction of sp³-hybridized carbons (Fsp3) is 0.0909. The molecule has 4 nitrogen and oxygen atoms in total. The highest BCUT2D eigenvalue weighted by molar-refractivity contribution is 5.94. The van der Waals surface area contributed by atoms with Crippen LogP contribution in [-0.2, 0) is 4.74 Å². The predicted molar refractivity (Wildman–Crippen MR) is 100 cm³/mol. The molecule has 1 aliphatic carbocycles. The minimum absolute atomic E-state index is 0.0383. The predicted octanol–water partition coefficient (Wildman–Crippen LogP) is 4.44. The van der Waals surface area contributed by atoms with Crippen LogP contribution in [0.25, 0.3) is 22.0 Å². The second-order valence-corrected chi connectivity index (χ2v) is 6.45. The molecule has 0 amide bonds. The van der Waals surface area contributed by atoms with Gasteiger partial charge in [0, 0.05) is 11.6 Å². The van der Waals surface area contributed by atoms with Crippen LogP contribution < -0.4 is 0 Å². The number of rotatable bonds is 2. The zero-order valence-corrected chi connectivity index (χ0v) is 14.2. The Labute approximate surface area is 150 Å². The minimum Gasteiger partial charge on any atom is -0.465 e. The molecule has 1 heterocycles. The van der Waals surface area contributed by atoms with Gasteiger partial charge in [0.1, 0.15) is 6.04 Å². The number of carbonyl (C=O) groups excluding carboxylic acids is 1. The molecule has 0 atom stereocenters. The Bertz CT molecular complexity index is 1110. The first-order valence-electron chi connectivity index (χ1n) is 8.52. The maximum absolute atomic E-state index is 11.8. The van der Waals surface area contributed by atoms with Crippen LogP contribution in [0.3, 0.4) is 0 Å². The maximum atomic E-state index is 11.8. The summed E-state index contributed by atoms with van der Waals surface area (Å²) in [6.07, 6.45) is 2.04. The lowest BCUT2D eigenvalue weighted by Crippen LogP contribution is -2.09. The van der Waals surface area contributed by atoms with Gasteiger partial charge in [-0.25, -0.2) is 4.79 Å². The van der Waals surface area contributed by atoms with E-state index in [1.54, 1.807) is 12.1 Å². The van der Waals surface area contributed by atoms with Gasteiger partial charge in [-0.05, 0) is 34.4 Å². The molecule has 0 saturated heterocycles. The third-order valence-electron chi connectivity index (χ3n) is 5.01. The van der Waals surface area contributed by atoms with Crippen LogP contribution in [0.5, 0.6) is 0 Å². The minimum atomic E-state index is -0.349. The van der Waals surface area contributed by atoms with Crippen LogP contribution in [0.1, 0.15) is 27.5 Å². The second-order valence-electron chi connectivity index (χ2n) is 6.45. The monoisotopic (exact) mass is 340 g/mol. The van der Waals surface area contributed by atoms with Crippen LogP contribution in [-0.4, -0.2) is 22.9 Å². The van der Waals surface area contributed by atoms with Gasteiger partial charge >= 0.3 is 5.97 Å². The maximum Gasteiger partial charge on any atom is 0.337 e. The summed E-state index contributed by atoms with van der Waals surface area (Å²) in [5, 5.41) is 5.78. The number of carbonyl (C=O) groups is 1. The molecule has 0 unspecified atom stereocenters. The lowest BCUT2D eigenvalue weighted by molar-refractivity contribution is 0.0601. The highest BCUT2D eigenvalue weighted by atomic mass is 16.5. The van der Waals surface area contributed by atoms with Gasteiger partial charge in [0.2, 0.25) is 0 Å². The van der Waals surface area contributed by atoms with Crippen molar-refractivity contribution in [2.45, 2.75) is 6.04 Å². The fourth-order valence-corrected chi connectivity index (χ4v) is 3.83. The van der Waals surface area contributed by atoms with Crippen LogP contribution in [0.15, 0.2) is 72.9 Å². The number of hydrogen-bond donors (Lipinski definition) is 0. The third kappa shape index (κ3) is 2.09. The Hall–Kier alpha value is -3.40. The van der Waals surface area contributed by atoms with E-state index in [1.165, 1.54) is 29.4 Å². The first kappa shape index (κ1) is 14.9. The van der Waals surface area contributed by atoms with Gasteiger partial charge in [0.25, 0.3) is 0 Å². The summed E-state index contributed by atoms with van der Waals surface area (Å²) in [6, 6.07) is 22.4. The van der Waals surface area contributed by atoms with E-state index in [1.807, 2.05) is 16.9 Å². The summed E-state index contributed by atoms with van der Waals surface area (Å²) in [5.74, 6) is -0.349. The smallest absolute Gasteiger partial charge is 0.337 e. The Balaban J connectivity index is 1.69. The van der Waals surface area contributed by atoms with Gasteiger partial charge in [-0.3, -0.25) is 4.68 Å². The molecule has 1 aromatic heterocycles. The summed E-state index contributed by atoms with van der Waals surface area (Å²) in [4.78, 5) is 11.8. The first-order valence-corrected chi connectivity index (χ1v) is 8.52. The second kappa shape index (κ2) is 5.56. The summed E-state index contributed by atoms with van der Waals surface area (Å²) < 4.78 is 6.81. The van der Waals surface area contributed by atoms with E-state index in [-0.39, 0.29) is 12.0 Å². The molecule has 0 spiro atoms. The lowest BCUT2D eigenvalue weighted by Gasteiger charge is -2.14. The molecule has 0 aliphatic heterocycles.